The number of ether oxygens (including phenoxy) is 2. The fraction of sp³-hybridized carbons (Fsp3) is 0.176. The lowest BCUT2D eigenvalue weighted by Crippen LogP contribution is -2.30. The number of esters is 1. The monoisotopic (exact) mass is 299 g/mol. The Kier molecular flexibility index (Phi) is 5.14. The first kappa shape index (κ1) is 15.6. The van der Waals surface area contributed by atoms with Gasteiger partial charge in [0, 0.05) is 0 Å². The van der Waals surface area contributed by atoms with Crippen LogP contribution in [0, 0.1) is 0 Å². The van der Waals surface area contributed by atoms with Gasteiger partial charge in [0.05, 0.1) is 5.56 Å². The fourth-order valence-electron chi connectivity index (χ4n) is 1.71. The van der Waals surface area contributed by atoms with Crippen molar-refractivity contribution < 1.29 is 19.1 Å². The summed E-state index contributed by atoms with van der Waals surface area (Å²) >= 11 is 0. The second kappa shape index (κ2) is 7.26. The van der Waals surface area contributed by atoms with E-state index < -0.39 is 18.0 Å². The van der Waals surface area contributed by atoms with Crippen molar-refractivity contribution in [3.63, 3.8) is 0 Å². The lowest BCUT2D eigenvalue weighted by atomic mass is 10.2. The number of hydrogen-bond donors (Lipinski definition) is 1. The van der Waals surface area contributed by atoms with Crippen LogP contribution in [0.5, 0.6) is 5.75 Å². The largest absolute Gasteiger partial charge is 0.489 e. The van der Waals surface area contributed by atoms with E-state index in [1.807, 2.05) is 30.3 Å². The van der Waals surface area contributed by atoms with E-state index in [1.165, 1.54) is 6.92 Å². The molecule has 0 aliphatic heterocycles. The molecular weight excluding hydrogens is 282 g/mol. The van der Waals surface area contributed by atoms with E-state index in [1.54, 1.807) is 24.3 Å². The number of amides is 1. The van der Waals surface area contributed by atoms with Crippen molar-refractivity contribution in [1.82, 2.24) is 0 Å². The average molecular weight is 299 g/mol. The van der Waals surface area contributed by atoms with Crippen molar-refractivity contribution in [3.8, 4) is 5.75 Å². The van der Waals surface area contributed by atoms with Crippen molar-refractivity contribution in [2.75, 3.05) is 0 Å². The first-order chi connectivity index (χ1) is 10.6. The maximum absolute atomic E-state index is 11.8. The Hall–Kier alpha value is -2.82. The summed E-state index contributed by atoms with van der Waals surface area (Å²) in [6.45, 7) is 1.88. The molecule has 0 heterocycles. The molecule has 22 heavy (non-hydrogen) atoms. The average Bonchev–Trinajstić information content (AvgIpc) is 2.54. The van der Waals surface area contributed by atoms with Crippen molar-refractivity contribution >= 4 is 11.9 Å². The van der Waals surface area contributed by atoms with Gasteiger partial charge in [-0.15, -0.1) is 0 Å². The van der Waals surface area contributed by atoms with Gasteiger partial charge in [-0.2, -0.15) is 0 Å². The van der Waals surface area contributed by atoms with Crippen LogP contribution in [0.1, 0.15) is 22.8 Å². The van der Waals surface area contributed by atoms with Gasteiger partial charge in [-0.3, -0.25) is 4.79 Å². The maximum Gasteiger partial charge on any atom is 0.338 e. The van der Waals surface area contributed by atoms with E-state index in [0.717, 1.165) is 5.56 Å². The third kappa shape index (κ3) is 4.34. The Morgan fingerprint density at radius 2 is 1.68 bits per heavy atom. The molecule has 0 aliphatic rings. The van der Waals surface area contributed by atoms with Gasteiger partial charge in [0.2, 0.25) is 0 Å². The van der Waals surface area contributed by atoms with Crippen LogP contribution in [0.25, 0.3) is 0 Å². The molecule has 0 radical (unpaired) electrons. The number of carbonyl (C=O) groups excluding carboxylic acids is 2. The number of benzene rings is 2. The number of hydrogen-bond acceptors (Lipinski definition) is 4. The van der Waals surface area contributed by atoms with E-state index in [-0.39, 0.29) is 0 Å². The zero-order chi connectivity index (χ0) is 15.9. The highest BCUT2D eigenvalue weighted by Crippen LogP contribution is 2.15. The molecule has 1 unspecified atom stereocenters. The Bertz CT molecular complexity index is 637. The van der Waals surface area contributed by atoms with Gasteiger partial charge in [0.1, 0.15) is 12.4 Å². The van der Waals surface area contributed by atoms with Gasteiger partial charge >= 0.3 is 5.97 Å². The topological polar surface area (TPSA) is 78.6 Å². The normalized spacial score (nSPS) is 11.5. The van der Waals surface area contributed by atoms with E-state index in [9.17, 15) is 9.59 Å². The molecule has 0 spiro atoms. The van der Waals surface area contributed by atoms with Crippen LogP contribution in [-0.4, -0.2) is 18.0 Å². The van der Waals surface area contributed by atoms with Gasteiger partial charge in [0.25, 0.3) is 5.91 Å². The number of primary amides is 1. The minimum Gasteiger partial charge on any atom is -0.489 e. The van der Waals surface area contributed by atoms with Gasteiger partial charge in [-0.1, -0.05) is 30.3 Å². The summed E-state index contributed by atoms with van der Waals surface area (Å²) in [5.41, 5.74) is 6.44. The highest BCUT2D eigenvalue weighted by Gasteiger charge is 2.15. The predicted molar refractivity (Wildman–Crippen MR) is 81.3 cm³/mol. The molecule has 0 aliphatic carbocycles. The molecule has 0 saturated heterocycles. The maximum atomic E-state index is 11.8. The smallest absolute Gasteiger partial charge is 0.338 e. The molecular formula is C17H17NO4. The van der Waals surface area contributed by atoms with E-state index in [2.05, 4.69) is 0 Å². The zero-order valence-electron chi connectivity index (χ0n) is 12.2. The molecule has 2 rings (SSSR count). The number of nitrogens with two attached hydrogens (primary N) is 1. The second-order valence-electron chi connectivity index (χ2n) is 4.75. The predicted octanol–water partition coefficient (Wildman–Crippen LogP) is 2.30. The Morgan fingerprint density at radius 1 is 1.05 bits per heavy atom. The minimum atomic E-state index is -0.957. The molecule has 0 bridgehead atoms. The SMILES string of the molecule is CC(OC(=O)c1ccc(OCc2ccccc2)cc1)C(N)=O. The van der Waals surface area contributed by atoms with Gasteiger partial charge in [-0.05, 0) is 36.8 Å². The minimum absolute atomic E-state index is 0.333. The third-order valence-electron chi connectivity index (χ3n) is 3.02. The molecule has 0 saturated carbocycles. The lowest BCUT2D eigenvalue weighted by molar-refractivity contribution is -0.125. The molecule has 114 valence electrons. The number of carbonyl (C=O) groups is 2. The Morgan fingerprint density at radius 3 is 2.27 bits per heavy atom. The summed E-state index contributed by atoms with van der Waals surface area (Å²) in [6, 6.07) is 16.3. The van der Waals surface area contributed by atoms with Crippen LogP contribution in [0.3, 0.4) is 0 Å². The van der Waals surface area contributed by atoms with Crippen LogP contribution in [0.15, 0.2) is 54.6 Å². The van der Waals surface area contributed by atoms with E-state index in [0.29, 0.717) is 17.9 Å². The molecule has 0 fully saturated rings. The van der Waals surface area contributed by atoms with Crippen molar-refractivity contribution in [1.29, 1.82) is 0 Å². The van der Waals surface area contributed by atoms with Crippen LogP contribution in [-0.2, 0) is 16.1 Å². The van der Waals surface area contributed by atoms with Crippen LogP contribution >= 0.6 is 0 Å². The highest BCUT2D eigenvalue weighted by molar-refractivity contribution is 5.92. The quantitative estimate of drug-likeness (QED) is 0.830. The van der Waals surface area contributed by atoms with Crippen molar-refractivity contribution in [2.24, 2.45) is 5.73 Å². The Balaban J connectivity index is 1.92. The van der Waals surface area contributed by atoms with Crippen LogP contribution in [0.2, 0.25) is 0 Å². The van der Waals surface area contributed by atoms with Crippen molar-refractivity contribution in [2.45, 2.75) is 19.6 Å². The fourth-order valence-corrected chi connectivity index (χ4v) is 1.71. The first-order valence-electron chi connectivity index (χ1n) is 6.83. The summed E-state index contributed by atoms with van der Waals surface area (Å²) in [6.07, 6.45) is -0.957. The van der Waals surface area contributed by atoms with E-state index >= 15 is 0 Å². The summed E-state index contributed by atoms with van der Waals surface area (Å²) in [5.74, 6) is -0.638. The van der Waals surface area contributed by atoms with E-state index in [4.69, 9.17) is 15.2 Å². The summed E-state index contributed by atoms with van der Waals surface area (Å²) in [7, 11) is 0. The summed E-state index contributed by atoms with van der Waals surface area (Å²) in [5, 5.41) is 0. The summed E-state index contributed by atoms with van der Waals surface area (Å²) in [4.78, 5) is 22.6. The molecule has 2 N–H and O–H groups in total. The molecule has 5 heteroatoms. The second-order valence-corrected chi connectivity index (χ2v) is 4.75. The summed E-state index contributed by atoms with van der Waals surface area (Å²) < 4.78 is 10.5. The third-order valence-corrected chi connectivity index (χ3v) is 3.02. The van der Waals surface area contributed by atoms with Crippen LogP contribution < -0.4 is 10.5 Å². The van der Waals surface area contributed by atoms with Gasteiger partial charge < -0.3 is 15.2 Å². The molecule has 1 amide bonds. The van der Waals surface area contributed by atoms with Crippen molar-refractivity contribution in [3.05, 3.63) is 65.7 Å². The standard InChI is InChI=1S/C17H17NO4/c1-12(16(18)19)22-17(20)14-7-9-15(10-8-14)21-11-13-5-3-2-4-6-13/h2-10,12H,11H2,1H3,(H2,18,19). The molecule has 2 aromatic carbocycles. The highest BCUT2D eigenvalue weighted by atomic mass is 16.5. The lowest BCUT2D eigenvalue weighted by Gasteiger charge is -2.10. The van der Waals surface area contributed by atoms with Crippen LogP contribution in [0.4, 0.5) is 0 Å². The van der Waals surface area contributed by atoms with Gasteiger partial charge in [0.15, 0.2) is 6.10 Å². The molecule has 1 atom stereocenters. The molecule has 5 nitrogen and oxygen atoms in total. The zero-order valence-corrected chi connectivity index (χ0v) is 12.2. The number of rotatable bonds is 6. The Labute approximate surface area is 128 Å². The first-order valence-corrected chi connectivity index (χ1v) is 6.83. The molecule has 2 aromatic rings. The van der Waals surface area contributed by atoms with Gasteiger partial charge in [-0.25, -0.2) is 4.79 Å². The molecule has 0 aromatic heterocycles.